The van der Waals surface area contributed by atoms with Gasteiger partial charge in [-0.25, -0.2) is 0 Å². The smallest absolute Gasteiger partial charge is 0.354 e. The van der Waals surface area contributed by atoms with Crippen LogP contribution in [-0.4, -0.2) is 10.8 Å². The first-order valence-electron chi connectivity index (χ1n) is 5.77. The second-order valence-electron chi connectivity index (χ2n) is 4.19. The minimum absolute atomic E-state index is 0.171. The van der Waals surface area contributed by atoms with Gasteiger partial charge in [0.15, 0.2) is 5.78 Å². The summed E-state index contributed by atoms with van der Waals surface area (Å²) in [7, 11) is 0. The highest BCUT2D eigenvalue weighted by Gasteiger charge is 2.30. The van der Waals surface area contributed by atoms with Gasteiger partial charge in [0.2, 0.25) is 0 Å². The standard InChI is InChI=1S/C14H11F3N2O/c1-9(20)13-6-5-12(8-18-13)19-11-4-2-3-10(7-11)14(15,16)17/h2-8,19H,1H3. The predicted octanol–water partition coefficient (Wildman–Crippen LogP) is 4.05. The van der Waals surface area contributed by atoms with Crippen LogP contribution in [0.1, 0.15) is 23.0 Å². The van der Waals surface area contributed by atoms with Crippen LogP contribution < -0.4 is 5.32 Å². The molecular formula is C14H11F3N2O. The maximum absolute atomic E-state index is 12.6. The molecule has 0 fully saturated rings. The second kappa shape index (κ2) is 5.32. The van der Waals surface area contributed by atoms with Crippen molar-refractivity contribution in [2.45, 2.75) is 13.1 Å². The Morgan fingerprint density at radius 1 is 1.15 bits per heavy atom. The SMILES string of the molecule is CC(=O)c1ccc(Nc2cccc(C(F)(F)F)c2)cn1. The number of ketones is 1. The van der Waals surface area contributed by atoms with E-state index >= 15 is 0 Å². The zero-order chi connectivity index (χ0) is 14.8. The average molecular weight is 280 g/mol. The first kappa shape index (κ1) is 14.0. The van der Waals surface area contributed by atoms with Crippen molar-refractivity contribution in [2.24, 2.45) is 0 Å². The van der Waals surface area contributed by atoms with E-state index < -0.39 is 11.7 Å². The monoisotopic (exact) mass is 280 g/mol. The molecule has 3 nitrogen and oxygen atoms in total. The van der Waals surface area contributed by atoms with Gasteiger partial charge in [-0.1, -0.05) is 6.07 Å². The third-order valence-corrected chi connectivity index (χ3v) is 2.60. The molecule has 0 aliphatic rings. The third-order valence-electron chi connectivity index (χ3n) is 2.60. The van der Waals surface area contributed by atoms with Gasteiger partial charge in [-0.2, -0.15) is 13.2 Å². The van der Waals surface area contributed by atoms with Crippen LogP contribution in [0.5, 0.6) is 0 Å². The molecule has 0 spiro atoms. The highest BCUT2D eigenvalue weighted by molar-refractivity contribution is 5.92. The van der Waals surface area contributed by atoms with E-state index in [1.165, 1.54) is 31.3 Å². The van der Waals surface area contributed by atoms with Crippen LogP contribution in [0.3, 0.4) is 0 Å². The highest BCUT2D eigenvalue weighted by Crippen LogP contribution is 2.31. The van der Waals surface area contributed by atoms with E-state index in [0.29, 0.717) is 17.1 Å². The molecule has 1 heterocycles. The first-order valence-corrected chi connectivity index (χ1v) is 5.77. The summed E-state index contributed by atoms with van der Waals surface area (Å²) in [5.74, 6) is -0.171. The summed E-state index contributed by atoms with van der Waals surface area (Å²) in [6.45, 7) is 1.39. The van der Waals surface area contributed by atoms with E-state index in [1.807, 2.05) is 0 Å². The molecule has 0 aliphatic carbocycles. The van der Waals surface area contributed by atoms with Crippen molar-refractivity contribution >= 4 is 17.2 Å². The number of alkyl halides is 3. The van der Waals surface area contributed by atoms with Crippen molar-refractivity contribution in [3.8, 4) is 0 Å². The quantitative estimate of drug-likeness (QED) is 0.862. The predicted molar refractivity (Wildman–Crippen MR) is 69.0 cm³/mol. The number of hydrogen-bond donors (Lipinski definition) is 1. The van der Waals surface area contributed by atoms with Gasteiger partial charge < -0.3 is 5.32 Å². The molecule has 0 amide bonds. The lowest BCUT2D eigenvalue weighted by Gasteiger charge is -2.10. The van der Waals surface area contributed by atoms with Crippen LogP contribution in [0.25, 0.3) is 0 Å². The largest absolute Gasteiger partial charge is 0.416 e. The number of carbonyl (C=O) groups is 1. The number of aromatic nitrogens is 1. The number of carbonyl (C=O) groups excluding carboxylic acids is 1. The average Bonchev–Trinajstić information content (AvgIpc) is 2.38. The molecule has 6 heteroatoms. The summed E-state index contributed by atoms with van der Waals surface area (Å²) >= 11 is 0. The molecule has 0 saturated heterocycles. The van der Waals surface area contributed by atoms with Gasteiger partial charge in [-0.15, -0.1) is 0 Å². The van der Waals surface area contributed by atoms with Crippen LogP contribution in [-0.2, 0) is 6.18 Å². The number of rotatable bonds is 3. The number of nitrogens with one attached hydrogen (secondary N) is 1. The first-order chi connectivity index (χ1) is 9.36. The minimum atomic E-state index is -4.38. The van der Waals surface area contributed by atoms with Crippen LogP contribution in [0.2, 0.25) is 0 Å². The number of Topliss-reactive ketones (excluding diaryl/α,β-unsaturated/α-hetero) is 1. The van der Waals surface area contributed by atoms with Crippen molar-refractivity contribution in [1.82, 2.24) is 4.98 Å². The molecule has 0 unspecified atom stereocenters. The molecule has 0 radical (unpaired) electrons. The van der Waals surface area contributed by atoms with Gasteiger partial charge in [0, 0.05) is 12.6 Å². The molecule has 1 N–H and O–H groups in total. The normalized spacial score (nSPS) is 11.2. The van der Waals surface area contributed by atoms with E-state index in [9.17, 15) is 18.0 Å². The number of anilines is 2. The zero-order valence-electron chi connectivity index (χ0n) is 10.5. The molecule has 0 bridgehead atoms. The van der Waals surface area contributed by atoms with Gasteiger partial charge in [-0.05, 0) is 30.3 Å². The molecule has 0 saturated carbocycles. The summed E-state index contributed by atoms with van der Waals surface area (Å²) < 4.78 is 37.7. The Hall–Kier alpha value is -2.37. The van der Waals surface area contributed by atoms with E-state index in [-0.39, 0.29) is 5.78 Å². The lowest BCUT2D eigenvalue weighted by Crippen LogP contribution is -2.05. The fourth-order valence-electron chi connectivity index (χ4n) is 1.62. The van der Waals surface area contributed by atoms with E-state index in [0.717, 1.165) is 12.1 Å². The van der Waals surface area contributed by atoms with Gasteiger partial charge in [0.1, 0.15) is 5.69 Å². The Morgan fingerprint density at radius 3 is 2.45 bits per heavy atom. The second-order valence-corrected chi connectivity index (χ2v) is 4.19. The Balaban J connectivity index is 2.20. The maximum Gasteiger partial charge on any atom is 0.416 e. The molecule has 1 aromatic carbocycles. The summed E-state index contributed by atoms with van der Waals surface area (Å²) in [4.78, 5) is 15.0. The minimum Gasteiger partial charge on any atom is -0.354 e. The van der Waals surface area contributed by atoms with Gasteiger partial charge in [0.05, 0.1) is 17.4 Å². The molecule has 104 valence electrons. The number of benzene rings is 1. The molecular weight excluding hydrogens is 269 g/mol. The molecule has 2 rings (SSSR count). The van der Waals surface area contributed by atoms with Crippen molar-refractivity contribution in [3.05, 3.63) is 53.9 Å². The summed E-state index contributed by atoms with van der Waals surface area (Å²) in [6, 6.07) is 7.96. The zero-order valence-corrected chi connectivity index (χ0v) is 10.5. The summed E-state index contributed by atoms with van der Waals surface area (Å²) in [6.07, 6.45) is -2.98. The topological polar surface area (TPSA) is 42.0 Å². The van der Waals surface area contributed by atoms with Gasteiger partial charge in [-0.3, -0.25) is 9.78 Å². The lowest BCUT2D eigenvalue weighted by atomic mass is 10.2. The number of halogens is 3. The molecule has 0 aliphatic heterocycles. The van der Waals surface area contributed by atoms with Gasteiger partial charge in [0.25, 0.3) is 0 Å². The Morgan fingerprint density at radius 2 is 1.90 bits per heavy atom. The highest BCUT2D eigenvalue weighted by atomic mass is 19.4. The van der Waals surface area contributed by atoms with Gasteiger partial charge >= 0.3 is 6.18 Å². The molecule has 0 atom stereocenters. The van der Waals surface area contributed by atoms with E-state index in [2.05, 4.69) is 10.3 Å². The molecule has 20 heavy (non-hydrogen) atoms. The lowest BCUT2D eigenvalue weighted by molar-refractivity contribution is -0.137. The molecule has 2 aromatic rings. The van der Waals surface area contributed by atoms with Crippen molar-refractivity contribution in [3.63, 3.8) is 0 Å². The third kappa shape index (κ3) is 3.34. The fraction of sp³-hybridized carbons (Fsp3) is 0.143. The van der Waals surface area contributed by atoms with E-state index in [1.54, 1.807) is 6.07 Å². The Bertz CT molecular complexity index is 621. The van der Waals surface area contributed by atoms with Crippen LogP contribution in [0.15, 0.2) is 42.6 Å². The summed E-state index contributed by atoms with van der Waals surface area (Å²) in [5, 5.41) is 2.81. The number of nitrogens with zero attached hydrogens (tertiary/aromatic N) is 1. The number of hydrogen-bond acceptors (Lipinski definition) is 3. The van der Waals surface area contributed by atoms with Crippen LogP contribution in [0.4, 0.5) is 24.5 Å². The Kier molecular flexibility index (Phi) is 3.74. The summed E-state index contributed by atoms with van der Waals surface area (Å²) in [5.41, 5.74) is 0.391. The molecule has 1 aromatic heterocycles. The maximum atomic E-state index is 12.6. The van der Waals surface area contributed by atoms with Crippen molar-refractivity contribution < 1.29 is 18.0 Å². The Labute approximate surface area is 113 Å². The van der Waals surface area contributed by atoms with Crippen molar-refractivity contribution in [2.75, 3.05) is 5.32 Å². The number of pyridine rings is 1. The van der Waals surface area contributed by atoms with E-state index in [4.69, 9.17) is 0 Å². The van der Waals surface area contributed by atoms with Crippen LogP contribution in [0, 0.1) is 0 Å². The fourth-order valence-corrected chi connectivity index (χ4v) is 1.62. The van der Waals surface area contributed by atoms with Crippen LogP contribution >= 0.6 is 0 Å². The van der Waals surface area contributed by atoms with Crippen molar-refractivity contribution in [1.29, 1.82) is 0 Å².